The fraction of sp³-hybridized carbons (Fsp3) is 0.318. The number of amides is 2. The van der Waals surface area contributed by atoms with Gasteiger partial charge in [0.2, 0.25) is 11.8 Å². The molecule has 0 radical (unpaired) electrons. The normalized spacial score (nSPS) is 29.1. The summed E-state index contributed by atoms with van der Waals surface area (Å²) in [6.45, 7) is 0.388. The van der Waals surface area contributed by atoms with E-state index in [1.54, 1.807) is 0 Å². The zero-order valence-corrected chi connectivity index (χ0v) is 14.3. The van der Waals surface area contributed by atoms with Gasteiger partial charge in [-0.15, -0.1) is 0 Å². The molecule has 1 heterocycles. The maximum Gasteiger partial charge on any atom is 0.234 e. The van der Waals surface area contributed by atoms with E-state index in [1.807, 2.05) is 54.6 Å². The highest BCUT2D eigenvalue weighted by Crippen LogP contribution is 2.57. The molecule has 4 nitrogen and oxygen atoms in total. The van der Waals surface area contributed by atoms with Crippen LogP contribution in [0.3, 0.4) is 0 Å². The molecule has 2 fully saturated rings. The highest BCUT2D eigenvalue weighted by molar-refractivity contribution is 6.11. The summed E-state index contributed by atoms with van der Waals surface area (Å²) in [5.74, 6) is -1.59. The highest BCUT2D eigenvalue weighted by atomic mass is 16.2. The summed E-state index contributed by atoms with van der Waals surface area (Å²) < 4.78 is 0. The Labute approximate surface area is 151 Å². The summed E-state index contributed by atoms with van der Waals surface area (Å²) in [5, 5.41) is 0. The molecule has 2 bridgehead atoms. The summed E-state index contributed by atoms with van der Waals surface area (Å²) in [7, 11) is 0. The smallest absolute Gasteiger partial charge is 0.234 e. The Morgan fingerprint density at radius 3 is 2.23 bits per heavy atom. The van der Waals surface area contributed by atoms with Gasteiger partial charge in [0.25, 0.3) is 0 Å². The molecule has 6 rings (SSSR count). The van der Waals surface area contributed by atoms with Crippen molar-refractivity contribution in [3.8, 4) is 0 Å². The Morgan fingerprint density at radius 2 is 1.46 bits per heavy atom. The van der Waals surface area contributed by atoms with Crippen LogP contribution in [-0.2, 0) is 20.8 Å². The zero-order valence-electron chi connectivity index (χ0n) is 14.3. The van der Waals surface area contributed by atoms with E-state index in [-0.39, 0.29) is 29.4 Å². The van der Waals surface area contributed by atoms with Crippen molar-refractivity contribution >= 4 is 17.6 Å². The summed E-state index contributed by atoms with van der Waals surface area (Å²) >= 11 is 0. The van der Waals surface area contributed by atoms with Crippen LogP contribution in [0, 0.1) is 11.8 Å². The van der Waals surface area contributed by atoms with Crippen LogP contribution in [0.5, 0.6) is 0 Å². The van der Waals surface area contributed by atoms with Gasteiger partial charge in [0.05, 0.1) is 17.8 Å². The highest BCUT2D eigenvalue weighted by Gasteiger charge is 2.62. The van der Waals surface area contributed by atoms with Crippen LogP contribution in [-0.4, -0.2) is 29.0 Å². The maximum atomic E-state index is 13.1. The molecule has 0 spiro atoms. The van der Waals surface area contributed by atoms with Crippen LogP contribution in [0.15, 0.2) is 54.6 Å². The fourth-order valence-corrected chi connectivity index (χ4v) is 5.13. The van der Waals surface area contributed by atoms with E-state index in [1.165, 1.54) is 4.90 Å². The van der Waals surface area contributed by atoms with Crippen molar-refractivity contribution in [2.75, 3.05) is 6.54 Å². The van der Waals surface area contributed by atoms with Crippen molar-refractivity contribution in [2.45, 2.75) is 24.7 Å². The van der Waals surface area contributed by atoms with E-state index >= 15 is 0 Å². The Balaban J connectivity index is 1.48. The molecule has 2 aromatic carbocycles. The monoisotopic (exact) mass is 345 g/mol. The van der Waals surface area contributed by atoms with Gasteiger partial charge in [-0.05, 0) is 23.1 Å². The summed E-state index contributed by atoms with van der Waals surface area (Å²) in [6, 6.07) is 17.7. The van der Waals surface area contributed by atoms with Gasteiger partial charge in [0.1, 0.15) is 5.78 Å². The minimum Gasteiger partial charge on any atom is -0.299 e. The molecule has 3 aliphatic carbocycles. The van der Waals surface area contributed by atoms with Gasteiger partial charge in [-0.1, -0.05) is 54.6 Å². The quantitative estimate of drug-likeness (QED) is 0.804. The zero-order chi connectivity index (χ0) is 17.8. The molecule has 0 N–H and O–H groups in total. The van der Waals surface area contributed by atoms with Crippen molar-refractivity contribution < 1.29 is 14.4 Å². The third-order valence-electron chi connectivity index (χ3n) is 6.25. The third kappa shape index (κ3) is 2.05. The molecule has 2 amide bonds. The number of hydrogen-bond donors (Lipinski definition) is 0. The Hall–Kier alpha value is -2.75. The molecule has 26 heavy (non-hydrogen) atoms. The van der Waals surface area contributed by atoms with Gasteiger partial charge >= 0.3 is 0 Å². The number of imide groups is 1. The lowest BCUT2D eigenvalue weighted by Crippen LogP contribution is -2.44. The lowest BCUT2D eigenvalue weighted by molar-refractivity contribution is -0.140. The second kappa shape index (κ2) is 5.63. The molecule has 1 saturated carbocycles. The summed E-state index contributed by atoms with van der Waals surface area (Å²) in [6.07, 6.45) is 1.03. The SMILES string of the molecule is O=C1C[C@H]2c3ccccc3[C@H]1[C@H]1C(=O)N(CCc3ccccc3)C(=O)[C@H]12. The fourth-order valence-electron chi connectivity index (χ4n) is 5.13. The molecular formula is C22H19NO3. The number of hydrogen-bond acceptors (Lipinski definition) is 3. The second-order valence-electron chi connectivity index (χ2n) is 7.50. The van der Waals surface area contributed by atoms with Crippen LogP contribution >= 0.6 is 0 Å². The van der Waals surface area contributed by atoms with Gasteiger partial charge in [-0.3, -0.25) is 19.3 Å². The number of Topliss-reactive ketones (excluding diaryl/α,β-unsaturated/α-hetero) is 1. The molecule has 130 valence electrons. The number of benzene rings is 2. The van der Waals surface area contributed by atoms with Crippen LogP contribution in [0.4, 0.5) is 0 Å². The van der Waals surface area contributed by atoms with Crippen LogP contribution in [0.2, 0.25) is 0 Å². The summed E-state index contributed by atoms with van der Waals surface area (Å²) in [4.78, 5) is 40.2. The first-order valence-corrected chi connectivity index (χ1v) is 9.17. The molecule has 2 aromatic rings. The summed E-state index contributed by atoms with van der Waals surface area (Å²) in [5.41, 5.74) is 3.15. The molecule has 1 aliphatic heterocycles. The second-order valence-corrected chi connectivity index (χ2v) is 7.50. The molecule has 1 saturated heterocycles. The lowest BCUT2D eigenvalue weighted by atomic mass is 9.56. The van der Waals surface area contributed by atoms with Crippen molar-refractivity contribution in [1.82, 2.24) is 4.90 Å². The molecule has 0 aromatic heterocycles. The third-order valence-corrected chi connectivity index (χ3v) is 6.25. The van der Waals surface area contributed by atoms with E-state index in [9.17, 15) is 14.4 Å². The number of carbonyl (C=O) groups is 3. The lowest BCUT2D eigenvalue weighted by Gasteiger charge is -2.43. The van der Waals surface area contributed by atoms with Crippen molar-refractivity contribution in [1.29, 1.82) is 0 Å². The van der Waals surface area contributed by atoms with Gasteiger partial charge in [0.15, 0.2) is 0 Å². The average Bonchev–Trinajstić information content (AvgIpc) is 2.93. The largest absolute Gasteiger partial charge is 0.299 e. The first-order chi connectivity index (χ1) is 12.7. The van der Waals surface area contributed by atoms with Gasteiger partial charge in [-0.2, -0.15) is 0 Å². The van der Waals surface area contributed by atoms with Crippen LogP contribution in [0.1, 0.15) is 34.9 Å². The topological polar surface area (TPSA) is 54.5 Å². The van der Waals surface area contributed by atoms with Gasteiger partial charge < -0.3 is 0 Å². The number of carbonyl (C=O) groups excluding carboxylic acids is 3. The van der Waals surface area contributed by atoms with E-state index in [0.29, 0.717) is 19.4 Å². The average molecular weight is 345 g/mol. The number of ketones is 1. The van der Waals surface area contributed by atoms with E-state index in [2.05, 4.69) is 0 Å². The van der Waals surface area contributed by atoms with Crippen molar-refractivity contribution in [3.63, 3.8) is 0 Å². The number of rotatable bonds is 3. The standard InChI is InChI=1S/C22H19NO3/c24-17-12-16-14-8-4-5-9-15(14)18(17)20-19(16)21(25)23(22(20)26)11-10-13-6-2-1-3-7-13/h1-9,16,18-20H,10-12H2/t16-,18+,19-,20+/m0/s1. The van der Waals surface area contributed by atoms with E-state index in [4.69, 9.17) is 0 Å². The molecule has 0 unspecified atom stereocenters. The number of fused-ring (bicyclic) bond motifs is 1. The number of likely N-dealkylation sites (tertiary alicyclic amines) is 1. The van der Waals surface area contributed by atoms with Crippen LogP contribution in [0.25, 0.3) is 0 Å². The first kappa shape index (κ1) is 15.5. The molecule has 4 heteroatoms. The minimum atomic E-state index is -0.501. The predicted molar refractivity (Wildman–Crippen MR) is 95.4 cm³/mol. The Morgan fingerprint density at radius 1 is 0.808 bits per heavy atom. The minimum absolute atomic E-state index is 0.0899. The van der Waals surface area contributed by atoms with E-state index < -0.39 is 11.8 Å². The van der Waals surface area contributed by atoms with Gasteiger partial charge in [-0.25, -0.2) is 0 Å². The molecular weight excluding hydrogens is 326 g/mol. The number of nitrogens with zero attached hydrogens (tertiary/aromatic N) is 1. The Bertz CT molecular complexity index is 920. The van der Waals surface area contributed by atoms with Crippen LogP contribution < -0.4 is 0 Å². The Kier molecular flexibility index (Phi) is 3.36. The molecule has 4 atom stereocenters. The van der Waals surface area contributed by atoms with Gasteiger partial charge in [0, 0.05) is 18.9 Å². The first-order valence-electron chi connectivity index (χ1n) is 9.17. The maximum absolute atomic E-state index is 13.1. The van der Waals surface area contributed by atoms with Crippen molar-refractivity contribution in [2.24, 2.45) is 11.8 Å². The van der Waals surface area contributed by atoms with Crippen molar-refractivity contribution in [3.05, 3.63) is 71.3 Å². The molecule has 4 aliphatic rings. The predicted octanol–water partition coefficient (Wildman–Crippen LogP) is 2.68. The van der Waals surface area contributed by atoms with E-state index in [0.717, 1.165) is 16.7 Å².